The summed E-state index contributed by atoms with van der Waals surface area (Å²) in [6.45, 7) is 0. The minimum absolute atomic E-state index is 0.606. The van der Waals surface area contributed by atoms with Gasteiger partial charge >= 0.3 is 0 Å². The molecular weight excluding hydrogens is 344 g/mol. The normalized spacial score (nSPS) is 11.4. The Balaban J connectivity index is 1.50. The molecule has 0 aliphatic heterocycles. The summed E-state index contributed by atoms with van der Waals surface area (Å²) in [6.07, 6.45) is 5.34. The highest BCUT2D eigenvalue weighted by Crippen LogP contribution is 2.24. The minimum Gasteiger partial charge on any atom is -0.360 e. The second-order valence-corrected chi connectivity index (χ2v) is 6.35. The topological polar surface area (TPSA) is 78.8 Å². The lowest BCUT2D eigenvalue weighted by Crippen LogP contribution is -1.89. The average Bonchev–Trinajstić information content (AvgIpc) is 3.23. The summed E-state index contributed by atoms with van der Waals surface area (Å²) in [6, 6.07) is 11.4. The summed E-state index contributed by atoms with van der Waals surface area (Å²) >= 11 is 7.37. The molecule has 0 radical (unpaired) electrons. The predicted molar refractivity (Wildman–Crippen MR) is 97.7 cm³/mol. The zero-order chi connectivity index (χ0) is 16.4. The Morgan fingerprint density at radius 2 is 2.17 bits per heavy atom. The van der Waals surface area contributed by atoms with Crippen LogP contribution in [0.3, 0.4) is 0 Å². The number of hydrogen-bond acceptors (Lipinski definition) is 6. The van der Waals surface area contributed by atoms with E-state index in [0.29, 0.717) is 10.2 Å². The van der Waals surface area contributed by atoms with Crippen LogP contribution in [0.25, 0.3) is 21.6 Å². The average molecular weight is 355 g/mol. The molecule has 6 nitrogen and oxygen atoms in total. The van der Waals surface area contributed by atoms with Crippen LogP contribution in [0.15, 0.2) is 53.9 Å². The second kappa shape index (κ2) is 6.38. The monoisotopic (exact) mass is 354 g/mol. The largest absolute Gasteiger partial charge is 0.360 e. The van der Waals surface area contributed by atoms with Gasteiger partial charge in [-0.2, -0.15) is 5.10 Å². The number of hydrogen-bond donors (Lipinski definition) is 2. The fraction of sp³-hybridized carbons (Fsp3) is 0. The molecule has 0 saturated carbocycles. The first kappa shape index (κ1) is 14.8. The number of aromatic nitrogens is 4. The lowest BCUT2D eigenvalue weighted by Gasteiger charge is -1.94. The number of hydrazone groups is 1. The molecule has 0 fully saturated rings. The number of pyridine rings is 1. The molecule has 0 aliphatic rings. The number of fused-ring (bicyclic) bond motifs is 1. The summed E-state index contributed by atoms with van der Waals surface area (Å²) in [4.78, 5) is 7.42. The van der Waals surface area contributed by atoms with Crippen molar-refractivity contribution in [2.24, 2.45) is 5.10 Å². The smallest absolute Gasteiger partial charge is 0.226 e. The first-order valence-electron chi connectivity index (χ1n) is 7.10. The molecule has 0 unspecified atom stereocenters. The Kier molecular flexibility index (Phi) is 3.94. The summed E-state index contributed by atoms with van der Waals surface area (Å²) < 4.78 is 0. The highest BCUT2D eigenvalue weighted by atomic mass is 35.5. The van der Waals surface area contributed by atoms with Crippen molar-refractivity contribution in [1.29, 1.82) is 0 Å². The van der Waals surface area contributed by atoms with Crippen LogP contribution in [-0.2, 0) is 0 Å². The van der Waals surface area contributed by atoms with Crippen molar-refractivity contribution >= 4 is 45.2 Å². The first-order valence-corrected chi connectivity index (χ1v) is 8.30. The third-order valence-corrected chi connectivity index (χ3v) is 4.43. The summed E-state index contributed by atoms with van der Waals surface area (Å²) in [5.41, 5.74) is 5.62. The van der Waals surface area contributed by atoms with Crippen molar-refractivity contribution in [3.8, 4) is 10.7 Å². The van der Waals surface area contributed by atoms with Crippen molar-refractivity contribution in [2.45, 2.75) is 0 Å². The van der Waals surface area contributed by atoms with E-state index in [1.165, 1.54) is 11.3 Å². The van der Waals surface area contributed by atoms with Gasteiger partial charge in [0.1, 0.15) is 5.69 Å². The quantitative estimate of drug-likeness (QED) is 0.425. The second-order valence-electron chi connectivity index (χ2n) is 4.93. The van der Waals surface area contributed by atoms with Gasteiger partial charge in [-0.15, -0.1) is 10.2 Å². The van der Waals surface area contributed by atoms with Crippen molar-refractivity contribution in [2.75, 3.05) is 5.43 Å². The van der Waals surface area contributed by atoms with Crippen LogP contribution in [0.5, 0.6) is 0 Å². The maximum absolute atomic E-state index is 5.98. The van der Waals surface area contributed by atoms with Gasteiger partial charge in [0.25, 0.3) is 0 Å². The van der Waals surface area contributed by atoms with Crippen molar-refractivity contribution in [3.05, 3.63) is 59.4 Å². The van der Waals surface area contributed by atoms with E-state index in [4.69, 9.17) is 11.6 Å². The number of nitrogens with one attached hydrogen (secondary N) is 2. The molecular formula is C16H11ClN6S. The number of aromatic amines is 1. The zero-order valence-corrected chi connectivity index (χ0v) is 13.8. The number of rotatable bonds is 4. The van der Waals surface area contributed by atoms with Crippen molar-refractivity contribution < 1.29 is 0 Å². The molecule has 8 heteroatoms. The van der Waals surface area contributed by atoms with Gasteiger partial charge in [-0.1, -0.05) is 35.1 Å². The Labute approximate surface area is 146 Å². The molecule has 118 valence electrons. The van der Waals surface area contributed by atoms with E-state index >= 15 is 0 Å². The Morgan fingerprint density at radius 3 is 3.04 bits per heavy atom. The molecule has 24 heavy (non-hydrogen) atoms. The predicted octanol–water partition coefficient (Wildman–Crippen LogP) is 4.18. The van der Waals surface area contributed by atoms with E-state index < -0.39 is 0 Å². The summed E-state index contributed by atoms with van der Waals surface area (Å²) in [5, 5.41) is 15.5. The van der Waals surface area contributed by atoms with Crippen LogP contribution in [0.4, 0.5) is 5.13 Å². The molecule has 2 N–H and O–H groups in total. The van der Waals surface area contributed by atoms with Gasteiger partial charge in [-0.3, -0.25) is 10.4 Å². The summed E-state index contributed by atoms with van der Waals surface area (Å²) in [5.74, 6) is 0. The van der Waals surface area contributed by atoms with Crippen LogP contribution in [-0.4, -0.2) is 26.4 Å². The fourth-order valence-corrected chi connectivity index (χ4v) is 3.09. The molecule has 0 atom stereocenters. The van der Waals surface area contributed by atoms with Crippen molar-refractivity contribution in [1.82, 2.24) is 20.2 Å². The van der Waals surface area contributed by atoms with Gasteiger partial charge in [0, 0.05) is 33.9 Å². The lowest BCUT2D eigenvalue weighted by molar-refractivity contribution is 1.07. The van der Waals surface area contributed by atoms with E-state index in [1.54, 1.807) is 12.4 Å². The number of anilines is 1. The highest BCUT2D eigenvalue weighted by molar-refractivity contribution is 7.18. The Hall–Kier alpha value is -2.77. The number of nitrogens with zero attached hydrogens (tertiary/aromatic N) is 4. The molecule has 1 aromatic carbocycles. The molecule has 0 bridgehead atoms. The van der Waals surface area contributed by atoms with Crippen LogP contribution < -0.4 is 5.43 Å². The van der Waals surface area contributed by atoms with Gasteiger partial charge in [0.2, 0.25) is 5.13 Å². The molecule has 4 rings (SSSR count). The molecule has 4 aromatic rings. The lowest BCUT2D eigenvalue weighted by atomic mass is 10.2. The van der Waals surface area contributed by atoms with E-state index in [9.17, 15) is 0 Å². The molecule has 3 heterocycles. The Bertz CT molecular complexity index is 1010. The van der Waals surface area contributed by atoms with Gasteiger partial charge in [-0.25, -0.2) is 0 Å². The maximum atomic E-state index is 5.98. The van der Waals surface area contributed by atoms with E-state index in [2.05, 4.69) is 30.7 Å². The van der Waals surface area contributed by atoms with E-state index in [1.807, 2.05) is 42.6 Å². The van der Waals surface area contributed by atoms with Gasteiger partial charge in [-0.05, 0) is 24.3 Å². The number of halogens is 1. The molecule has 0 amide bonds. The van der Waals surface area contributed by atoms with E-state index in [-0.39, 0.29) is 0 Å². The van der Waals surface area contributed by atoms with Crippen molar-refractivity contribution in [3.63, 3.8) is 0 Å². The third kappa shape index (κ3) is 2.99. The molecule has 0 aliphatic carbocycles. The van der Waals surface area contributed by atoms with Gasteiger partial charge in [0.15, 0.2) is 5.01 Å². The zero-order valence-electron chi connectivity index (χ0n) is 12.3. The van der Waals surface area contributed by atoms with Gasteiger partial charge < -0.3 is 4.98 Å². The minimum atomic E-state index is 0.606. The number of H-pyrrole nitrogens is 1. The third-order valence-electron chi connectivity index (χ3n) is 3.35. The summed E-state index contributed by atoms with van der Waals surface area (Å²) in [7, 11) is 0. The Morgan fingerprint density at radius 1 is 1.21 bits per heavy atom. The highest BCUT2D eigenvalue weighted by Gasteiger charge is 2.06. The maximum Gasteiger partial charge on any atom is 0.226 e. The standard InChI is InChI=1S/C16H11ClN6S/c17-11-4-5-12-10(8-19-14(12)7-11)9-20-22-16-23-21-15(24-16)13-3-1-2-6-18-13/h1-9,19H,(H,22,23)/b20-9+. The fourth-order valence-electron chi connectivity index (χ4n) is 2.25. The van der Waals surface area contributed by atoms with Crippen LogP contribution in [0.2, 0.25) is 5.02 Å². The van der Waals surface area contributed by atoms with Crippen LogP contribution >= 0.6 is 22.9 Å². The molecule has 0 spiro atoms. The number of benzene rings is 1. The SMILES string of the molecule is Clc1ccc2c(/C=N/Nc3nnc(-c4ccccn4)s3)c[nH]c2c1. The molecule has 3 aromatic heterocycles. The first-order chi connectivity index (χ1) is 11.8. The van der Waals surface area contributed by atoms with Crippen LogP contribution in [0, 0.1) is 0 Å². The van der Waals surface area contributed by atoms with E-state index in [0.717, 1.165) is 27.2 Å². The molecule has 0 saturated heterocycles. The van der Waals surface area contributed by atoms with Gasteiger partial charge in [0.05, 0.1) is 6.21 Å². The van der Waals surface area contributed by atoms with Crippen LogP contribution in [0.1, 0.15) is 5.56 Å².